The summed E-state index contributed by atoms with van der Waals surface area (Å²) in [5, 5.41) is 12.1. The van der Waals surface area contributed by atoms with Gasteiger partial charge in [0.2, 0.25) is 11.2 Å². The molecule has 156 valence electrons. The summed E-state index contributed by atoms with van der Waals surface area (Å²) in [6.45, 7) is 0. The van der Waals surface area contributed by atoms with Crippen LogP contribution in [0.2, 0.25) is 0 Å². The van der Waals surface area contributed by atoms with Gasteiger partial charge in [0.1, 0.15) is 7.05 Å². The molecule has 0 saturated carbocycles. The molecule has 0 unspecified atom stereocenters. The fraction of sp³-hybridized carbons (Fsp3) is 0.125. The van der Waals surface area contributed by atoms with Crippen molar-refractivity contribution in [2.45, 2.75) is 12.8 Å². The Balaban J connectivity index is 0.000000245. The summed E-state index contributed by atoms with van der Waals surface area (Å²) in [5.74, 6) is -1.01. The minimum atomic E-state index is -0.505. The largest absolute Gasteiger partial charge is 0.399 e. The Morgan fingerprint density at radius 2 is 1.39 bits per heavy atom. The van der Waals surface area contributed by atoms with E-state index in [1.54, 1.807) is 0 Å². The van der Waals surface area contributed by atoms with E-state index in [1.807, 2.05) is 30.3 Å². The molecule has 4 aromatic rings. The number of aromatic nitrogens is 1. The summed E-state index contributed by atoms with van der Waals surface area (Å²) in [7, 11) is 2.08. The van der Waals surface area contributed by atoms with E-state index in [-0.39, 0.29) is 17.9 Å². The molecular formula is C24H23N4O3+. The number of pyridine rings is 1. The number of nitrogens with zero attached hydrogens (tertiary/aromatic N) is 2. The molecule has 0 bridgehead atoms. The van der Waals surface area contributed by atoms with Gasteiger partial charge in [-0.05, 0) is 36.4 Å². The second-order valence-electron chi connectivity index (χ2n) is 7.45. The molecule has 2 amide bonds. The number of nitrogens with two attached hydrogens (primary N) is 2. The quantitative estimate of drug-likeness (QED) is 0.145. The summed E-state index contributed by atoms with van der Waals surface area (Å²) in [6, 6.07) is 22.5. The molecule has 0 radical (unpaired) electrons. The fourth-order valence-electron chi connectivity index (χ4n) is 3.86. The molecule has 1 fully saturated rings. The van der Waals surface area contributed by atoms with Crippen molar-refractivity contribution in [3.8, 4) is 11.3 Å². The second-order valence-corrected chi connectivity index (χ2v) is 7.45. The average Bonchev–Trinajstić information content (AvgIpc) is 3.06. The molecule has 5 rings (SSSR count). The normalized spacial score (nSPS) is 13.5. The molecule has 3 aromatic carbocycles. The lowest BCUT2D eigenvalue weighted by atomic mass is 9.98. The molecule has 31 heavy (non-hydrogen) atoms. The molecule has 5 N–H and O–H groups in total. The van der Waals surface area contributed by atoms with Crippen LogP contribution in [0.25, 0.3) is 32.9 Å². The Labute approximate surface area is 179 Å². The number of hydroxylamine groups is 2. The van der Waals surface area contributed by atoms with Crippen molar-refractivity contribution in [2.24, 2.45) is 7.05 Å². The van der Waals surface area contributed by atoms with Gasteiger partial charge in [-0.15, -0.1) is 0 Å². The predicted octanol–water partition coefficient (Wildman–Crippen LogP) is 3.17. The van der Waals surface area contributed by atoms with Gasteiger partial charge >= 0.3 is 0 Å². The van der Waals surface area contributed by atoms with Crippen molar-refractivity contribution in [1.29, 1.82) is 0 Å². The molecule has 1 aromatic heterocycles. The number of nitrogen functional groups attached to an aromatic ring is 2. The number of anilines is 2. The molecule has 7 heteroatoms. The van der Waals surface area contributed by atoms with Crippen molar-refractivity contribution < 1.29 is 19.4 Å². The summed E-state index contributed by atoms with van der Waals surface area (Å²) in [5.41, 5.74) is 17.0. The van der Waals surface area contributed by atoms with Crippen LogP contribution in [0, 0.1) is 0 Å². The van der Waals surface area contributed by atoms with Crippen LogP contribution >= 0.6 is 0 Å². The van der Waals surface area contributed by atoms with Gasteiger partial charge in [-0.1, -0.05) is 24.3 Å². The van der Waals surface area contributed by atoms with E-state index in [1.165, 1.54) is 10.8 Å². The highest BCUT2D eigenvalue weighted by Crippen LogP contribution is 2.32. The number of imide groups is 1. The van der Waals surface area contributed by atoms with E-state index in [0.29, 0.717) is 0 Å². The zero-order chi connectivity index (χ0) is 22.1. The summed E-state index contributed by atoms with van der Waals surface area (Å²) < 4.78 is 2.20. The van der Waals surface area contributed by atoms with Crippen molar-refractivity contribution in [3.05, 3.63) is 66.7 Å². The maximum atomic E-state index is 10.2. The molecular weight excluding hydrogens is 392 g/mol. The van der Waals surface area contributed by atoms with Crippen molar-refractivity contribution in [2.75, 3.05) is 11.5 Å². The lowest BCUT2D eigenvalue weighted by Gasteiger charge is -2.10. The first-order chi connectivity index (χ1) is 14.9. The molecule has 1 aliphatic rings. The van der Waals surface area contributed by atoms with Gasteiger partial charge in [-0.2, -0.15) is 9.63 Å². The molecule has 1 saturated heterocycles. The standard InChI is InChI=1S/C20H17N3.C4H5NO3/c1-23-19-12-15(22)8-10-17(19)16-9-7-14(21)11-18(16)20(23)13-5-3-2-4-6-13;6-3-1-2-4(7)5(3)8/h2-12,22H,21H2,1H3;8H,1-2H2/p+1. The van der Waals surface area contributed by atoms with Crippen LogP contribution in [0.4, 0.5) is 11.4 Å². The zero-order valence-electron chi connectivity index (χ0n) is 17.1. The number of fused-ring (bicyclic) bond motifs is 3. The second kappa shape index (κ2) is 8.04. The molecule has 0 atom stereocenters. The van der Waals surface area contributed by atoms with E-state index in [9.17, 15) is 9.59 Å². The highest BCUT2D eigenvalue weighted by atomic mass is 16.5. The number of carbonyl (C=O) groups is 2. The molecule has 0 spiro atoms. The number of aryl methyl sites for hydroxylation is 1. The van der Waals surface area contributed by atoms with Crippen LogP contribution in [0.1, 0.15) is 12.8 Å². The fourth-order valence-corrected chi connectivity index (χ4v) is 3.86. The van der Waals surface area contributed by atoms with Crippen molar-refractivity contribution in [1.82, 2.24) is 5.06 Å². The number of hydrogen-bond donors (Lipinski definition) is 3. The molecule has 2 heterocycles. The maximum Gasteiger partial charge on any atom is 0.253 e. The molecule has 1 aliphatic heterocycles. The van der Waals surface area contributed by atoms with Gasteiger partial charge in [0, 0.05) is 41.2 Å². The predicted molar refractivity (Wildman–Crippen MR) is 120 cm³/mol. The average molecular weight is 415 g/mol. The summed E-state index contributed by atoms with van der Waals surface area (Å²) >= 11 is 0. The Kier molecular flexibility index (Phi) is 5.27. The van der Waals surface area contributed by atoms with Crippen LogP contribution in [0.15, 0.2) is 66.7 Å². The Morgan fingerprint density at radius 1 is 0.806 bits per heavy atom. The van der Waals surface area contributed by atoms with Crippen LogP contribution in [0.5, 0.6) is 0 Å². The SMILES string of the molecule is C[n+]1c(-c2ccccc2)c2cc(N)ccc2c2ccc(N)cc21.O=C1CCC(=O)N1O. The van der Waals surface area contributed by atoms with Gasteiger partial charge in [-0.3, -0.25) is 14.8 Å². The van der Waals surface area contributed by atoms with Crippen LogP contribution < -0.4 is 16.0 Å². The van der Waals surface area contributed by atoms with Gasteiger partial charge in [-0.25, -0.2) is 0 Å². The third-order valence-corrected chi connectivity index (χ3v) is 5.38. The Bertz CT molecular complexity index is 1300. The number of amides is 2. The van der Waals surface area contributed by atoms with E-state index in [0.717, 1.165) is 33.5 Å². The maximum absolute atomic E-state index is 10.2. The third-order valence-electron chi connectivity index (χ3n) is 5.38. The van der Waals surface area contributed by atoms with E-state index >= 15 is 0 Å². The van der Waals surface area contributed by atoms with E-state index in [2.05, 4.69) is 48.0 Å². The first-order valence-corrected chi connectivity index (χ1v) is 9.87. The van der Waals surface area contributed by atoms with Crippen LogP contribution in [-0.4, -0.2) is 22.1 Å². The Morgan fingerprint density at radius 3 is 1.97 bits per heavy atom. The highest BCUT2D eigenvalue weighted by Gasteiger charge is 2.26. The first kappa shape index (κ1) is 20.3. The zero-order valence-corrected chi connectivity index (χ0v) is 17.1. The van der Waals surface area contributed by atoms with Gasteiger partial charge < -0.3 is 11.5 Å². The smallest absolute Gasteiger partial charge is 0.253 e. The number of carbonyl (C=O) groups excluding carboxylic acids is 2. The van der Waals surface area contributed by atoms with Crippen molar-refractivity contribution in [3.63, 3.8) is 0 Å². The van der Waals surface area contributed by atoms with E-state index < -0.39 is 11.8 Å². The number of rotatable bonds is 1. The summed E-state index contributed by atoms with van der Waals surface area (Å²) in [6.07, 6.45) is 0.296. The minimum Gasteiger partial charge on any atom is -0.399 e. The number of benzene rings is 3. The third kappa shape index (κ3) is 3.78. The van der Waals surface area contributed by atoms with Crippen LogP contribution in [-0.2, 0) is 16.6 Å². The lowest BCUT2D eigenvalue weighted by molar-refractivity contribution is -0.632. The summed E-state index contributed by atoms with van der Waals surface area (Å²) in [4.78, 5) is 20.5. The van der Waals surface area contributed by atoms with E-state index in [4.69, 9.17) is 16.7 Å². The molecule has 0 aliphatic carbocycles. The van der Waals surface area contributed by atoms with Gasteiger partial charge in [0.05, 0.1) is 10.8 Å². The topological polar surface area (TPSA) is 114 Å². The van der Waals surface area contributed by atoms with Gasteiger partial charge in [0.25, 0.3) is 11.8 Å². The minimum absolute atomic E-state index is 0.148. The Hall–Kier alpha value is -3.97. The van der Waals surface area contributed by atoms with Gasteiger partial charge in [0.15, 0.2) is 0 Å². The van der Waals surface area contributed by atoms with Crippen molar-refractivity contribution >= 4 is 44.9 Å². The van der Waals surface area contributed by atoms with Crippen LogP contribution in [0.3, 0.4) is 0 Å². The monoisotopic (exact) mass is 415 g/mol. The lowest BCUT2D eigenvalue weighted by Crippen LogP contribution is -2.32. The first-order valence-electron chi connectivity index (χ1n) is 9.87. The number of hydrogen-bond acceptors (Lipinski definition) is 5. The highest BCUT2D eigenvalue weighted by molar-refractivity contribution is 6.10. The molecule has 7 nitrogen and oxygen atoms in total.